The molecule has 0 saturated heterocycles. The molecule has 4 heteroatoms. The van der Waals surface area contributed by atoms with Gasteiger partial charge in [-0.1, -0.05) is 37.4 Å². The number of nitrogens with zero attached hydrogens (tertiary/aromatic N) is 2. The van der Waals surface area contributed by atoms with Gasteiger partial charge in [-0.3, -0.25) is 4.99 Å². The third-order valence-corrected chi connectivity index (χ3v) is 3.64. The van der Waals surface area contributed by atoms with Crippen molar-refractivity contribution in [2.24, 2.45) is 10.2 Å². The van der Waals surface area contributed by atoms with Gasteiger partial charge in [0, 0.05) is 0 Å². The number of aliphatic imine (C=N–C) groups is 1. The molecule has 0 aliphatic rings. The van der Waals surface area contributed by atoms with Crippen LogP contribution in [0.5, 0.6) is 0 Å². The van der Waals surface area contributed by atoms with E-state index in [2.05, 4.69) is 30.0 Å². The van der Waals surface area contributed by atoms with Crippen LogP contribution in [0.15, 0.2) is 65.2 Å². The van der Waals surface area contributed by atoms with Crippen molar-refractivity contribution in [2.45, 2.75) is 20.8 Å². The van der Waals surface area contributed by atoms with E-state index in [1.54, 1.807) is 25.1 Å². The van der Waals surface area contributed by atoms with Crippen molar-refractivity contribution in [1.29, 1.82) is 0 Å². The maximum absolute atomic E-state index is 14.5. The first-order valence-electron chi connectivity index (χ1n) is 7.33. The molecule has 0 aliphatic heterocycles. The van der Waals surface area contributed by atoms with Crippen molar-refractivity contribution < 1.29 is 4.39 Å². The van der Waals surface area contributed by atoms with E-state index in [-0.39, 0.29) is 11.4 Å². The van der Waals surface area contributed by atoms with Gasteiger partial charge in [0.25, 0.3) is 0 Å². The Morgan fingerprint density at radius 1 is 1.25 bits per heavy atom. The van der Waals surface area contributed by atoms with Crippen LogP contribution in [0.2, 0.25) is 0 Å². The molecular weight excluding hydrogens is 303 g/mol. The number of rotatable bonds is 5. The smallest absolute Gasteiger partial charge is 0.151 e. The summed E-state index contributed by atoms with van der Waals surface area (Å²) in [5.41, 5.74) is 3.37. The molecule has 0 bridgehead atoms. The summed E-state index contributed by atoms with van der Waals surface area (Å²) in [7, 11) is 0. The van der Waals surface area contributed by atoms with Crippen LogP contribution >= 0.6 is 0 Å². The van der Waals surface area contributed by atoms with Gasteiger partial charge in [-0.15, -0.1) is 4.91 Å². The standard InChI is InChI=1S/C20H21FN2O/c1-7-17-10-8-9-13(2)11-18(23-24)12-19(14(17)3)15(4)20(21)16(5)22-6/h7-12H,1,5-6H2,2-4H3/b9-8?,10-8?,13-9?,13-11?,17-10?,17-14?,18-11?,18-12?,19-12?,19-14?,20-15-. The maximum Gasteiger partial charge on any atom is 0.151 e. The Kier molecular flexibility index (Phi) is 6.93. The van der Waals surface area contributed by atoms with Gasteiger partial charge in [-0.25, -0.2) is 4.39 Å². The number of aryl methyl sites for hydroxylation is 1. The number of hydrogen-bond donors (Lipinski definition) is 0. The first-order chi connectivity index (χ1) is 11.3. The molecule has 1 aromatic carbocycles. The van der Waals surface area contributed by atoms with E-state index < -0.39 is 5.83 Å². The Labute approximate surface area is 142 Å². The Morgan fingerprint density at radius 2 is 1.92 bits per heavy atom. The molecule has 0 aromatic heterocycles. The van der Waals surface area contributed by atoms with Crippen molar-refractivity contribution in [1.82, 2.24) is 0 Å². The summed E-state index contributed by atoms with van der Waals surface area (Å²) in [4.78, 5) is 14.7. The molecule has 1 aromatic rings. The van der Waals surface area contributed by atoms with Crippen LogP contribution in [0.4, 0.5) is 10.1 Å². The lowest BCUT2D eigenvalue weighted by molar-refractivity contribution is 0.652. The van der Waals surface area contributed by atoms with Crippen LogP contribution < -0.4 is 0 Å². The van der Waals surface area contributed by atoms with Crippen molar-refractivity contribution in [3.8, 4) is 0 Å². The average molecular weight is 324 g/mol. The van der Waals surface area contributed by atoms with E-state index in [0.29, 0.717) is 11.1 Å². The second-order valence-electron chi connectivity index (χ2n) is 5.32. The zero-order valence-electron chi connectivity index (χ0n) is 14.3. The molecular formula is C20H21FN2O. The number of nitroso groups, excluding NO2 is 1. The van der Waals surface area contributed by atoms with E-state index in [1.807, 2.05) is 32.0 Å². The predicted molar refractivity (Wildman–Crippen MR) is 101 cm³/mol. The monoisotopic (exact) mass is 324 g/mol. The van der Waals surface area contributed by atoms with Crippen LogP contribution in [0, 0.1) is 18.8 Å². The summed E-state index contributed by atoms with van der Waals surface area (Å²) in [6.45, 7) is 15.9. The lowest BCUT2D eigenvalue weighted by atomic mass is 9.97. The van der Waals surface area contributed by atoms with E-state index >= 15 is 0 Å². The van der Waals surface area contributed by atoms with Crippen LogP contribution in [-0.4, -0.2) is 6.72 Å². The quantitative estimate of drug-likeness (QED) is 0.352. The Morgan fingerprint density at radius 3 is 2.46 bits per heavy atom. The minimum absolute atomic E-state index is 0.0605. The van der Waals surface area contributed by atoms with E-state index in [9.17, 15) is 9.30 Å². The van der Waals surface area contributed by atoms with Crippen molar-refractivity contribution in [3.63, 3.8) is 0 Å². The van der Waals surface area contributed by atoms with Crippen LogP contribution in [0.25, 0.3) is 11.6 Å². The van der Waals surface area contributed by atoms with E-state index in [1.165, 1.54) is 0 Å². The first kappa shape index (κ1) is 19.2. The highest BCUT2D eigenvalue weighted by Gasteiger charge is 2.11. The zero-order valence-corrected chi connectivity index (χ0v) is 14.3. The van der Waals surface area contributed by atoms with E-state index in [0.717, 1.165) is 16.7 Å². The fourth-order valence-electron chi connectivity index (χ4n) is 2.23. The summed E-state index contributed by atoms with van der Waals surface area (Å²) in [6.07, 6.45) is 1.67. The fraction of sp³-hybridized carbons (Fsp3) is 0.150. The van der Waals surface area contributed by atoms with Crippen molar-refractivity contribution >= 4 is 24.1 Å². The molecule has 0 saturated carbocycles. The van der Waals surface area contributed by atoms with Gasteiger partial charge in [0.15, 0.2) is 5.83 Å². The Hall–Kier alpha value is -2.88. The van der Waals surface area contributed by atoms with Crippen LogP contribution in [0.3, 0.4) is 0 Å². The molecule has 0 radical (unpaired) electrons. The van der Waals surface area contributed by atoms with Crippen LogP contribution in [0.1, 0.15) is 29.2 Å². The van der Waals surface area contributed by atoms with Gasteiger partial charge in [0.05, 0.1) is 5.70 Å². The van der Waals surface area contributed by atoms with Gasteiger partial charge >= 0.3 is 0 Å². The summed E-state index contributed by atoms with van der Waals surface area (Å²) in [5.74, 6) is -0.586. The molecule has 0 amide bonds. The number of hydrogen-bond acceptors (Lipinski definition) is 3. The third kappa shape index (κ3) is 4.56. The Bertz CT molecular complexity index is 790. The molecule has 3 nitrogen and oxygen atoms in total. The zero-order chi connectivity index (χ0) is 18.3. The number of halogens is 1. The molecule has 0 atom stereocenters. The lowest BCUT2D eigenvalue weighted by Crippen LogP contribution is -1.91. The summed E-state index contributed by atoms with van der Waals surface area (Å²) >= 11 is 0. The van der Waals surface area contributed by atoms with Gasteiger partial charge in [0.1, 0.15) is 5.69 Å². The molecule has 0 aliphatic carbocycles. The largest absolute Gasteiger partial charge is 0.262 e. The molecule has 1 rings (SSSR count). The summed E-state index contributed by atoms with van der Waals surface area (Å²) < 4.78 is 14.5. The highest BCUT2D eigenvalue weighted by molar-refractivity contribution is 5.74. The van der Waals surface area contributed by atoms with E-state index in [4.69, 9.17) is 0 Å². The summed E-state index contributed by atoms with van der Waals surface area (Å²) in [5, 5.41) is 3.03. The number of allylic oxidation sites excluding steroid dienone is 2. The van der Waals surface area contributed by atoms with Crippen LogP contribution in [-0.2, 0) is 0 Å². The first-order valence-corrected chi connectivity index (χ1v) is 7.33. The fourth-order valence-corrected chi connectivity index (χ4v) is 2.23. The minimum Gasteiger partial charge on any atom is -0.262 e. The topological polar surface area (TPSA) is 41.8 Å². The normalized spacial score (nSPS) is 11.0. The molecule has 24 heavy (non-hydrogen) atoms. The van der Waals surface area contributed by atoms with Gasteiger partial charge in [-0.2, -0.15) is 0 Å². The molecule has 124 valence electrons. The minimum atomic E-state index is -0.586. The van der Waals surface area contributed by atoms with Gasteiger partial charge in [-0.05, 0) is 72.6 Å². The highest BCUT2D eigenvalue weighted by atomic mass is 19.1. The molecule has 0 heterocycles. The highest BCUT2D eigenvalue weighted by Crippen LogP contribution is 2.29. The second kappa shape index (κ2) is 8.67. The van der Waals surface area contributed by atoms with Crippen molar-refractivity contribution in [3.05, 3.63) is 82.2 Å². The molecule has 0 N–H and O–H groups in total. The lowest BCUT2D eigenvalue weighted by Gasteiger charge is -2.09. The summed E-state index contributed by atoms with van der Waals surface area (Å²) in [6, 6.07) is 8.76. The molecule has 0 spiro atoms. The van der Waals surface area contributed by atoms with Gasteiger partial charge in [0.2, 0.25) is 0 Å². The van der Waals surface area contributed by atoms with Gasteiger partial charge < -0.3 is 0 Å². The molecule has 0 fully saturated rings. The predicted octanol–water partition coefficient (Wildman–Crippen LogP) is 6.38. The van der Waals surface area contributed by atoms with Crippen molar-refractivity contribution in [2.75, 3.05) is 0 Å². The SMILES string of the molecule is C=Cc1cccc(C)cc(N=O)cc(/C(C)=C(\F)C(=C)N=C)c1C. The second-order valence-corrected chi connectivity index (χ2v) is 5.32. The maximum atomic E-state index is 14.5. The Balaban J connectivity index is 4.01. The molecule has 0 unspecified atom stereocenters. The third-order valence-electron chi connectivity index (χ3n) is 3.64. The average Bonchev–Trinajstić information content (AvgIpc) is 2.59.